The Bertz CT molecular complexity index is 1470. The monoisotopic (exact) mass is 576 g/mol. The Morgan fingerprint density at radius 2 is 1.86 bits per heavy atom. The first-order valence-corrected chi connectivity index (χ1v) is 14.3. The van der Waals surface area contributed by atoms with E-state index in [9.17, 15) is 19.5 Å². The average Bonchev–Trinajstić information content (AvgIpc) is 3.23. The fraction of sp³-hybridized carbons (Fsp3) is 0.469. The van der Waals surface area contributed by atoms with Gasteiger partial charge in [-0.15, -0.1) is 0 Å². The molecule has 10 heteroatoms. The summed E-state index contributed by atoms with van der Waals surface area (Å²) in [6, 6.07) is 5.25. The summed E-state index contributed by atoms with van der Waals surface area (Å²) in [6.07, 6.45) is 3.90. The molecule has 2 aromatic rings. The summed E-state index contributed by atoms with van der Waals surface area (Å²) in [5.74, 6) is -0.510. The molecule has 0 spiro atoms. The van der Waals surface area contributed by atoms with E-state index in [2.05, 4.69) is 4.98 Å². The highest BCUT2D eigenvalue weighted by Gasteiger charge is 2.40. The van der Waals surface area contributed by atoms with E-state index < -0.39 is 11.5 Å². The lowest BCUT2D eigenvalue weighted by atomic mass is 9.83. The first-order chi connectivity index (χ1) is 19.7. The zero-order valence-corrected chi connectivity index (χ0v) is 25.5. The standard InChI is InChI=1S/C32H40N4O6/c1-8-10-11-23(37)27-25(41-9-2)16-20-17-35(29(33)26(20)34-27)18-24(38)19-14-21(31(3,4)5)28-22(15-19)36(12-13-42-28)32(6,7)30(39)40/h10-11,14-16,33H,8-9,12-13,17-18H2,1-7H3,(H,39,40)/b11-10+,33-29?. The van der Waals surface area contributed by atoms with Gasteiger partial charge in [0, 0.05) is 23.2 Å². The van der Waals surface area contributed by atoms with Crippen LogP contribution in [0.25, 0.3) is 0 Å². The van der Waals surface area contributed by atoms with Crippen LogP contribution in [0.15, 0.2) is 30.4 Å². The van der Waals surface area contributed by atoms with Gasteiger partial charge in [0.2, 0.25) is 5.78 Å². The van der Waals surface area contributed by atoms with Crippen LogP contribution in [0.5, 0.6) is 11.5 Å². The quantitative estimate of drug-likeness (QED) is 0.296. The van der Waals surface area contributed by atoms with Gasteiger partial charge in [-0.2, -0.15) is 0 Å². The molecule has 0 unspecified atom stereocenters. The van der Waals surface area contributed by atoms with E-state index in [1.54, 1.807) is 41.9 Å². The molecule has 4 rings (SSSR count). The second kappa shape index (κ2) is 11.6. The Morgan fingerprint density at radius 1 is 1.14 bits per heavy atom. The normalized spacial score (nSPS) is 15.0. The van der Waals surface area contributed by atoms with Crippen molar-refractivity contribution in [2.45, 2.75) is 72.4 Å². The third-order valence-corrected chi connectivity index (χ3v) is 7.59. The molecule has 0 bridgehead atoms. The van der Waals surface area contributed by atoms with E-state index in [0.29, 0.717) is 60.2 Å². The third kappa shape index (κ3) is 5.75. The maximum atomic E-state index is 13.8. The molecule has 10 nitrogen and oxygen atoms in total. The fourth-order valence-electron chi connectivity index (χ4n) is 5.18. The van der Waals surface area contributed by atoms with Gasteiger partial charge < -0.3 is 24.4 Å². The molecule has 42 heavy (non-hydrogen) atoms. The van der Waals surface area contributed by atoms with Crippen LogP contribution >= 0.6 is 0 Å². The zero-order chi connectivity index (χ0) is 31.0. The molecule has 0 amide bonds. The first kappa shape index (κ1) is 30.7. The highest BCUT2D eigenvalue weighted by Crippen LogP contribution is 2.44. The number of nitrogens with zero attached hydrogens (tertiary/aromatic N) is 3. The number of pyridine rings is 1. The second-order valence-corrected chi connectivity index (χ2v) is 12.1. The second-order valence-electron chi connectivity index (χ2n) is 12.1. The van der Waals surface area contributed by atoms with Crippen LogP contribution in [-0.2, 0) is 16.8 Å². The van der Waals surface area contributed by atoms with Crippen molar-refractivity contribution in [1.29, 1.82) is 5.41 Å². The summed E-state index contributed by atoms with van der Waals surface area (Å²) in [7, 11) is 0. The molecule has 0 aliphatic carbocycles. The molecule has 1 aromatic heterocycles. The van der Waals surface area contributed by atoms with E-state index in [-0.39, 0.29) is 41.6 Å². The first-order valence-electron chi connectivity index (χ1n) is 14.3. The minimum atomic E-state index is -1.22. The predicted molar refractivity (Wildman–Crippen MR) is 160 cm³/mol. The Labute approximate surface area is 246 Å². The van der Waals surface area contributed by atoms with E-state index in [0.717, 1.165) is 5.56 Å². The number of hydrogen-bond acceptors (Lipinski definition) is 8. The molecule has 0 saturated carbocycles. The zero-order valence-electron chi connectivity index (χ0n) is 25.5. The number of allylic oxidation sites excluding steroid dienone is 2. The number of anilines is 1. The van der Waals surface area contributed by atoms with Crippen LogP contribution < -0.4 is 14.4 Å². The number of hydrogen-bond donors (Lipinski definition) is 2. The number of aromatic nitrogens is 1. The van der Waals surface area contributed by atoms with Crippen LogP contribution in [0.4, 0.5) is 5.69 Å². The van der Waals surface area contributed by atoms with Crippen LogP contribution in [-0.4, -0.2) is 70.2 Å². The van der Waals surface area contributed by atoms with Gasteiger partial charge in [0.25, 0.3) is 0 Å². The molecule has 2 aliphatic heterocycles. The molecule has 0 atom stereocenters. The largest absolute Gasteiger partial charge is 0.491 e. The van der Waals surface area contributed by atoms with Gasteiger partial charge in [-0.3, -0.25) is 15.0 Å². The molecular weight excluding hydrogens is 536 g/mol. The molecule has 2 aliphatic rings. The van der Waals surface area contributed by atoms with Gasteiger partial charge in [0.1, 0.15) is 35.2 Å². The lowest BCUT2D eigenvalue weighted by Crippen LogP contribution is -2.53. The van der Waals surface area contributed by atoms with Crippen LogP contribution in [0, 0.1) is 5.41 Å². The van der Waals surface area contributed by atoms with Crippen molar-refractivity contribution in [3.05, 3.63) is 58.4 Å². The van der Waals surface area contributed by atoms with Gasteiger partial charge in [0.05, 0.1) is 25.4 Å². The molecule has 2 N–H and O–H groups in total. The smallest absolute Gasteiger partial charge is 0.328 e. The minimum Gasteiger partial charge on any atom is -0.491 e. The molecule has 224 valence electrons. The van der Waals surface area contributed by atoms with Crippen LogP contribution in [0.2, 0.25) is 0 Å². The van der Waals surface area contributed by atoms with Crippen LogP contribution in [0.3, 0.4) is 0 Å². The molecular formula is C32H40N4O6. The maximum Gasteiger partial charge on any atom is 0.328 e. The topological polar surface area (TPSA) is 133 Å². The maximum absolute atomic E-state index is 13.8. The van der Waals surface area contributed by atoms with Gasteiger partial charge in [-0.05, 0) is 56.9 Å². The van der Waals surface area contributed by atoms with Crippen molar-refractivity contribution in [3.8, 4) is 11.5 Å². The fourth-order valence-corrected chi connectivity index (χ4v) is 5.18. The van der Waals surface area contributed by atoms with E-state index in [1.807, 2.05) is 40.7 Å². The molecule has 0 saturated heterocycles. The number of Topliss-reactive ketones (excluding diaryl/α,β-unsaturated/α-hetero) is 1. The van der Waals surface area contributed by atoms with E-state index >= 15 is 0 Å². The Hall–Kier alpha value is -4.21. The number of ether oxygens (including phenoxy) is 2. The summed E-state index contributed by atoms with van der Waals surface area (Å²) in [6.45, 7) is 14.3. The third-order valence-electron chi connectivity index (χ3n) is 7.59. The van der Waals surface area contributed by atoms with Crippen LogP contribution in [0.1, 0.15) is 92.6 Å². The van der Waals surface area contributed by atoms with Gasteiger partial charge in [0.15, 0.2) is 11.5 Å². The summed E-state index contributed by atoms with van der Waals surface area (Å²) in [5.41, 5.74) is 1.36. The number of carbonyl (C=O) groups is 3. The number of ketones is 2. The number of amidine groups is 1. The van der Waals surface area contributed by atoms with Crippen molar-refractivity contribution in [2.75, 3.05) is 31.2 Å². The Kier molecular flexibility index (Phi) is 8.48. The number of aliphatic carboxylic acids is 1. The lowest BCUT2D eigenvalue weighted by Gasteiger charge is -2.42. The number of carboxylic acid groups (broad SMARTS) is 1. The number of carboxylic acids is 1. The minimum absolute atomic E-state index is 0.0564. The summed E-state index contributed by atoms with van der Waals surface area (Å²) in [5, 5.41) is 18.8. The summed E-state index contributed by atoms with van der Waals surface area (Å²) in [4.78, 5) is 46.7. The van der Waals surface area contributed by atoms with Crippen molar-refractivity contribution < 1.29 is 29.0 Å². The highest BCUT2D eigenvalue weighted by molar-refractivity contribution is 6.08. The number of rotatable bonds is 10. The van der Waals surface area contributed by atoms with Crippen molar-refractivity contribution in [3.63, 3.8) is 0 Å². The number of carbonyl (C=O) groups excluding carboxylic acids is 2. The summed E-state index contributed by atoms with van der Waals surface area (Å²) < 4.78 is 11.8. The molecule has 3 heterocycles. The van der Waals surface area contributed by atoms with E-state index in [4.69, 9.17) is 14.9 Å². The SMILES string of the molecule is CC/C=C/C(=O)c1nc2c(cc1OCC)CN(CC(=O)c1cc3c(c(C(C)(C)C)c1)OCCN3C(C)(C)C(=O)O)C2=N. The summed E-state index contributed by atoms with van der Waals surface area (Å²) >= 11 is 0. The van der Waals surface area contributed by atoms with Gasteiger partial charge >= 0.3 is 5.97 Å². The predicted octanol–water partition coefficient (Wildman–Crippen LogP) is 5.01. The van der Waals surface area contributed by atoms with Crippen molar-refractivity contribution >= 4 is 29.1 Å². The molecule has 1 aromatic carbocycles. The van der Waals surface area contributed by atoms with Crippen molar-refractivity contribution in [2.24, 2.45) is 0 Å². The highest BCUT2D eigenvalue weighted by atomic mass is 16.5. The molecule has 0 radical (unpaired) electrons. The Morgan fingerprint density at radius 3 is 2.48 bits per heavy atom. The lowest BCUT2D eigenvalue weighted by molar-refractivity contribution is -0.142. The number of nitrogens with one attached hydrogen (secondary N) is 1. The van der Waals surface area contributed by atoms with Gasteiger partial charge in [-0.25, -0.2) is 9.78 Å². The van der Waals surface area contributed by atoms with Gasteiger partial charge in [-0.1, -0.05) is 33.8 Å². The number of benzene rings is 1. The number of fused-ring (bicyclic) bond motifs is 2. The average molecular weight is 577 g/mol. The van der Waals surface area contributed by atoms with Crippen molar-refractivity contribution in [1.82, 2.24) is 9.88 Å². The van der Waals surface area contributed by atoms with E-state index in [1.165, 1.54) is 6.08 Å². The molecule has 0 fully saturated rings. The Balaban J connectivity index is 1.69.